The van der Waals surface area contributed by atoms with E-state index in [1.54, 1.807) is 14.0 Å². The normalized spacial score (nSPS) is 10.3. The van der Waals surface area contributed by atoms with Gasteiger partial charge in [0.25, 0.3) is 0 Å². The molecular formula is C11H17N3O4. The first-order valence-corrected chi connectivity index (χ1v) is 5.66. The minimum Gasteiger partial charge on any atom is -0.478 e. The van der Waals surface area contributed by atoms with Crippen molar-refractivity contribution in [2.24, 2.45) is 7.05 Å². The Morgan fingerprint density at radius 1 is 1.56 bits per heavy atom. The maximum atomic E-state index is 11.1. The predicted molar refractivity (Wildman–Crippen MR) is 63.1 cm³/mol. The second kappa shape index (κ2) is 6.75. The van der Waals surface area contributed by atoms with Crippen LogP contribution in [0.15, 0.2) is 6.20 Å². The van der Waals surface area contributed by atoms with Crippen LogP contribution in [0.1, 0.15) is 29.4 Å². The molecule has 0 aliphatic carbocycles. The van der Waals surface area contributed by atoms with Crippen molar-refractivity contribution in [3.05, 3.63) is 17.5 Å². The molecule has 1 heterocycles. The van der Waals surface area contributed by atoms with Gasteiger partial charge in [-0.3, -0.25) is 9.48 Å². The van der Waals surface area contributed by atoms with Crippen LogP contribution in [0, 0.1) is 0 Å². The minimum absolute atomic E-state index is 0.168. The summed E-state index contributed by atoms with van der Waals surface area (Å²) in [5.74, 6) is -1.28. The number of rotatable bonds is 7. The molecule has 1 aromatic rings. The molecule has 2 N–H and O–H groups in total. The second-order valence-corrected chi connectivity index (χ2v) is 3.67. The Balaban J connectivity index is 2.42. The zero-order valence-corrected chi connectivity index (χ0v) is 10.5. The van der Waals surface area contributed by atoms with E-state index in [0.717, 1.165) is 0 Å². The highest BCUT2D eigenvalue weighted by molar-refractivity contribution is 5.88. The summed E-state index contributed by atoms with van der Waals surface area (Å²) in [5.41, 5.74) is 0.743. The molecule has 1 aromatic heterocycles. The summed E-state index contributed by atoms with van der Waals surface area (Å²) in [7, 11) is 1.68. The molecule has 100 valence electrons. The predicted octanol–water partition coefficient (Wildman–Crippen LogP) is 0.161. The molecule has 7 nitrogen and oxygen atoms in total. The number of carboxylic acid groups (broad SMARTS) is 1. The van der Waals surface area contributed by atoms with Gasteiger partial charge < -0.3 is 15.2 Å². The van der Waals surface area contributed by atoms with Crippen LogP contribution in [0.4, 0.5) is 0 Å². The van der Waals surface area contributed by atoms with E-state index in [0.29, 0.717) is 25.4 Å². The zero-order chi connectivity index (χ0) is 13.5. The standard InChI is InChI=1S/C11H17N3O4/c1-3-18-10(15)4-5-12-7-9-8(11(16)17)6-13-14(9)2/h6,12H,3-5,7H2,1-2H3,(H,16,17). The first-order valence-electron chi connectivity index (χ1n) is 5.66. The molecular weight excluding hydrogens is 238 g/mol. The number of ether oxygens (including phenoxy) is 1. The number of aromatic carboxylic acids is 1. The van der Waals surface area contributed by atoms with Crippen molar-refractivity contribution in [1.82, 2.24) is 15.1 Å². The summed E-state index contributed by atoms with van der Waals surface area (Å²) in [6.45, 7) is 2.89. The van der Waals surface area contributed by atoms with E-state index in [1.165, 1.54) is 10.9 Å². The van der Waals surface area contributed by atoms with Crippen LogP contribution in [0.3, 0.4) is 0 Å². The molecule has 0 fully saturated rings. The first kappa shape index (κ1) is 14.2. The fourth-order valence-electron chi connectivity index (χ4n) is 1.48. The number of esters is 1. The van der Waals surface area contributed by atoms with E-state index in [1.807, 2.05) is 0 Å². The van der Waals surface area contributed by atoms with Crippen molar-refractivity contribution in [2.75, 3.05) is 13.2 Å². The molecule has 0 saturated heterocycles. The van der Waals surface area contributed by atoms with Crippen LogP contribution >= 0.6 is 0 Å². The molecule has 1 rings (SSSR count). The van der Waals surface area contributed by atoms with Gasteiger partial charge in [-0.1, -0.05) is 0 Å². The molecule has 0 atom stereocenters. The first-order chi connectivity index (χ1) is 8.56. The highest BCUT2D eigenvalue weighted by Crippen LogP contribution is 2.06. The number of carbonyl (C=O) groups excluding carboxylic acids is 1. The van der Waals surface area contributed by atoms with Gasteiger partial charge in [0.05, 0.1) is 24.9 Å². The number of hydrogen-bond donors (Lipinski definition) is 2. The lowest BCUT2D eigenvalue weighted by atomic mass is 10.2. The molecule has 0 aliphatic heterocycles. The lowest BCUT2D eigenvalue weighted by molar-refractivity contribution is -0.142. The molecule has 0 saturated carbocycles. The maximum absolute atomic E-state index is 11.1. The molecule has 0 aliphatic rings. The molecule has 0 unspecified atom stereocenters. The molecule has 0 spiro atoms. The fraction of sp³-hybridized carbons (Fsp3) is 0.545. The lowest BCUT2D eigenvalue weighted by Gasteiger charge is -2.06. The van der Waals surface area contributed by atoms with Crippen LogP contribution in [-0.2, 0) is 23.1 Å². The molecule has 7 heteroatoms. The average Bonchev–Trinajstić information content (AvgIpc) is 2.67. The van der Waals surface area contributed by atoms with Crippen LogP contribution in [0.25, 0.3) is 0 Å². The van der Waals surface area contributed by atoms with Gasteiger partial charge in [-0.25, -0.2) is 4.79 Å². The number of carbonyl (C=O) groups is 2. The van der Waals surface area contributed by atoms with Crippen molar-refractivity contribution < 1.29 is 19.4 Å². The van der Waals surface area contributed by atoms with Crippen molar-refractivity contribution in [2.45, 2.75) is 19.9 Å². The van der Waals surface area contributed by atoms with Crippen molar-refractivity contribution in [1.29, 1.82) is 0 Å². The summed E-state index contributed by atoms with van der Waals surface area (Å²) in [6.07, 6.45) is 1.57. The van der Waals surface area contributed by atoms with Crippen molar-refractivity contribution in [3.8, 4) is 0 Å². The lowest BCUT2D eigenvalue weighted by Crippen LogP contribution is -2.21. The number of carboxylic acids is 1. The number of nitrogens with one attached hydrogen (secondary N) is 1. The van der Waals surface area contributed by atoms with Crippen molar-refractivity contribution in [3.63, 3.8) is 0 Å². The largest absolute Gasteiger partial charge is 0.478 e. The summed E-state index contributed by atoms with van der Waals surface area (Å²) in [6, 6.07) is 0. The van der Waals surface area contributed by atoms with Gasteiger partial charge in [-0.05, 0) is 6.92 Å². The van der Waals surface area contributed by atoms with Crippen LogP contribution in [0.5, 0.6) is 0 Å². The van der Waals surface area contributed by atoms with E-state index >= 15 is 0 Å². The highest BCUT2D eigenvalue weighted by Gasteiger charge is 2.14. The maximum Gasteiger partial charge on any atom is 0.339 e. The van der Waals surface area contributed by atoms with E-state index < -0.39 is 5.97 Å². The Morgan fingerprint density at radius 3 is 2.89 bits per heavy atom. The van der Waals surface area contributed by atoms with E-state index in [2.05, 4.69) is 10.4 Å². The summed E-state index contributed by atoms with van der Waals surface area (Å²) in [4.78, 5) is 22.0. The third-order valence-electron chi connectivity index (χ3n) is 2.40. The van der Waals surface area contributed by atoms with E-state index in [9.17, 15) is 9.59 Å². The summed E-state index contributed by atoms with van der Waals surface area (Å²) in [5, 5.41) is 15.8. The molecule has 0 bridgehead atoms. The number of aryl methyl sites for hydroxylation is 1. The number of nitrogens with zero attached hydrogens (tertiary/aromatic N) is 2. The molecule has 0 aromatic carbocycles. The second-order valence-electron chi connectivity index (χ2n) is 3.67. The summed E-state index contributed by atoms with van der Waals surface area (Å²) < 4.78 is 6.28. The average molecular weight is 255 g/mol. The Labute approximate surface area is 105 Å². The topological polar surface area (TPSA) is 93.4 Å². The Hall–Kier alpha value is -1.89. The molecule has 0 radical (unpaired) electrons. The van der Waals surface area contributed by atoms with Gasteiger partial charge in [0.1, 0.15) is 5.56 Å². The highest BCUT2D eigenvalue weighted by atomic mass is 16.5. The minimum atomic E-state index is -1.01. The Morgan fingerprint density at radius 2 is 2.28 bits per heavy atom. The molecule has 0 amide bonds. The van der Waals surface area contributed by atoms with Crippen molar-refractivity contribution >= 4 is 11.9 Å². The van der Waals surface area contributed by atoms with E-state index in [-0.39, 0.29) is 18.0 Å². The van der Waals surface area contributed by atoms with Gasteiger partial charge in [-0.15, -0.1) is 0 Å². The SMILES string of the molecule is CCOC(=O)CCNCc1c(C(=O)O)cnn1C. The third-order valence-corrected chi connectivity index (χ3v) is 2.40. The quantitative estimate of drug-likeness (QED) is 0.532. The number of hydrogen-bond acceptors (Lipinski definition) is 5. The molecule has 18 heavy (non-hydrogen) atoms. The van der Waals surface area contributed by atoms with Gasteiger partial charge in [0.2, 0.25) is 0 Å². The van der Waals surface area contributed by atoms with Gasteiger partial charge in [0, 0.05) is 20.1 Å². The van der Waals surface area contributed by atoms with Gasteiger partial charge >= 0.3 is 11.9 Å². The van der Waals surface area contributed by atoms with E-state index in [4.69, 9.17) is 9.84 Å². The fourth-order valence-corrected chi connectivity index (χ4v) is 1.48. The number of aromatic nitrogens is 2. The summed E-state index contributed by atoms with van der Waals surface area (Å²) >= 11 is 0. The van der Waals surface area contributed by atoms with Crippen LogP contribution < -0.4 is 5.32 Å². The Bertz CT molecular complexity index is 428. The smallest absolute Gasteiger partial charge is 0.339 e. The monoisotopic (exact) mass is 255 g/mol. The van der Waals surface area contributed by atoms with Gasteiger partial charge in [0.15, 0.2) is 0 Å². The van der Waals surface area contributed by atoms with Crippen LogP contribution in [-0.4, -0.2) is 40.0 Å². The van der Waals surface area contributed by atoms with Crippen LogP contribution in [0.2, 0.25) is 0 Å². The van der Waals surface area contributed by atoms with Gasteiger partial charge in [-0.2, -0.15) is 5.10 Å². The Kier molecular flexibility index (Phi) is 5.31. The third kappa shape index (κ3) is 3.85. The zero-order valence-electron chi connectivity index (χ0n) is 10.5.